The third kappa shape index (κ3) is 5.15. The molecule has 0 radical (unpaired) electrons. The van der Waals surface area contributed by atoms with Gasteiger partial charge in [-0.1, -0.05) is 54.2 Å². The Balaban J connectivity index is 1.39. The van der Waals surface area contributed by atoms with Crippen molar-refractivity contribution in [2.24, 2.45) is 0 Å². The van der Waals surface area contributed by atoms with Crippen LogP contribution in [-0.4, -0.2) is 59.0 Å². The first-order chi connectivity index (χ1) is 17.6. The van der Waals surface area contributed by atoms with Gasteiger partial charge in [-0.2, -0.15) is 0 Å². The number of ether oxygens (including phenoxy) is 2. The number of carbonyl (C=O) groups excluding carboxylic acids is 1. The Morgan fingerprint density at radius 3 is 2.53 bits per heavy atom. The minimum absolute atomic E-state index is 0.0553. The molecule has 1 aliphatic heterocycles. The molecule has 0 saturated carbocycles. The van der Waals surface area contributed by atoms with Crippen molar-refractivity contribution in [3.63, 3.8) is 0 Å². The van der Waals surface area contributed by atoms with Crippen LogP contribution in [0.4, 0.5) is 0 Å². The monoisotopic (exact) mass is 500 g/mol. The van der Waals surface area contributed by atoms with Gasteiger partial charge in [-0.3, -0.25) is 9.36 Å². The number of methoxy groups -OCH3 is 1. The Bertz CT molecular complexity index is 1350. The lowest BCUT2D eigenvalue weighted by atomic mass is 10.1. The quantitative estimate of drug-likeness (QED) is 0.332. The summed E-state index contributed by atoms with van der Waals surface area (Å²) < 4.78 is 12.9. The summed E-state index contributed by atoms with van der Waals surface area (Å²) in [5.74, 6) is 2.29. The van der Waals surface area contributed by atoms with Crippen LogP contribution in [0, 0.1) is 6.92 Å². The fourth-order valence-corrected chi connectivity index (χ4v) is 5.09. The fraction of sp³-hybridized carbons (Fsp3) is 0.250. The summed E-state index contributed by atoms with van der Waals surface area (Å²) in [5, 5.41) is 9.91. The van der Waals surface area contributed by atoms with Gasteiger partial charge in [0.05, 0.1) is 26.0 Å². The van der Waals surface area contributed by atoms with E-state index in [9.17, 15) is 4.79 Å². The smallest absolute Gasteiger partial charge is 0.254 e. The zero-order valence-corrected chi connectivity index (χ0v) is 21.2. The minimum Gasteiger partial charge on any atom is -0.497 e. The molecule has 1 aromatic heterocycles. The Morgan fingerprint density at radius 1 is 1.00 bits per heavy atom. The summed E-state index contributed by atoms with van der Waals surface area (Å²) >= 11 is 1.62. The van der Waals surface area contributed by atoms with E-state index in [1.54, 1.807) is 18.9 Å². The number of benzene rings is 3. The first kappa shape index (κ1) is 24.1. The van der Waals surface area contributed by atoms with E-state index in [0.717, 1.165) is 39.1 Å². The van der Waals surface area contributed by atoms with Crippen molar-refractivity contribution in [3.8, 4) is 22.8 Å². The van der Waals surface area contributed by atoms with Crippen molar-refractivity contribution in [1.82, 2.24) is 19.7 Å². The largest absolute Gasteiger partial charge is 0.497 e. The molecule has 36 heavy (non-hydrogen) atoms. The second-order valence-electron chi connectivity index (χ2n) is 8.55. The number of carbonyl (C=O) groups is 1. The highest BCUT2D eigenvalue weighted by molar-refractivity contribution is 7.98. The number of amides is 1. The minimum atomic E-state index is 0.0553. The predicted octanol–water partition coefficient (Wildman–Crippen LogP) is 5.02. The predicted molar refractivity (Wildman–Crippen MR) is 141 cm³/mol. The molecule has 4 aromatic rings. The summed E-state index contributed by atoms with van der Waals surface area (Å²) in [6.07, 6.45) is 0. The van der Waals surface area contributed by atoms with E-state index < -0.39 is 0 Å². The molecule has 8 heteroatoms. The zero-order valence-electron chi connectivity index (χ0n) is 20.4. The van der Waals surface area contributed by atoms with Crippen molar-refractivity contribution in [2.75, 3.05) is 33.4 Å². The molecule has 1 aliphatic rings. The molecule has 1 saturated heterocycles. The summed E-state index contributed by atoms with van der Waals surface area (Å²) in [6.45, 7) is 4.56. The second kappa shape index (κ2) is 11.0. The summed E-state index contributed by atoms with van der Waals surface area (Å²) in [7, 11) is 1.66. The second-order valence-corrected chi connectivity index (χ2v) is 9.49. The zero-order chi connectivity index (χ0) is 24.9. The van der Waals surface area contributed by atoms with Gasteiger partial charge in [-0.25, -0.2) is 0 Å². The van der Waals surface area contributed by atoms with Crippen LogP contribution >= 0.6 is 11.8 Å². The Labute approximate surface area is 215 Å². The summed E-state index contributed by atoms with van der Waals surface area (Å²) in [4.78, 5) is 14.6. The molecule has 0 atom stereocenters. The third-order valence-electron chi connectivity index (χ3n) is 6.18. The molecule has 0 unspecified atom stereocenters. The highest BCUT2D eigenvalue weighted by Crippen LogP contribution is 2.32. The maximum atomic E-state index is 12.7. The number of rotatable bonds is 7. The molecule has 1 amide bonds. The van der Waals surface area contributed by atoms with Gasteiger partial charge in [0.25, 0.3) is 5.91 Å². The van der Waals surface area contributed by atoms with Gasteiger partial charge in [-0.15, -0.1) is 10.2 Å². The molecule has 184 valence electrons. The number of aromatic nitrogens is 3. The molecule has 0 N–H and O–H groups in total. The lowest BCUT2D eigenvalue weighted by Crippen LogP contribution is -2.40. The molecule has 0 bridgehead atoms. The van der Waals surface area contributed by atoms with E-state index in [-0.39, 0.29) is 5.91 Å². The molecule has 2 heterocycles. The molecular weight excluding hydrogens is 472 g/mol. The molecule has 3 aromatic carbocycles. The molecule has 7 nitrogen and oxygen atoms in total. The SMILES string of the molecule is COc1cccc(-c2nnc(SCc3ccc(C(=O)N4CCOCC4)cc3)n2-c2ccccc2C)c1. The van der Waals surface area contributed by atoms with Gasteiger partial charge in [0.15, 0.2) is 11.0 Å². The van der Waals surface area contributed by atoms with Crippen molar-refractivity contribution in [2.45, 2.75) is 17.8 Å². The topological polar surface area (TPSA) is 69.5 Å². The number of hydrogen-bond acceptors (Lipinski definition) is 6. The molecule has 0 aliphatic carbocycles. The maximum absolute atomic E-state index is 12.7. The third-order valence-corrected chi connectivity index (χ3v) is 7.18. The van der Waals surface area contributed by atoms with Crippen molar-refractivity contribution >= 4 is 17.7 Å². The van der Waals surface area contributed by atoms with Crippen LogP contribution in [0.1, 0.15) is 21.5 Å². The van der Waals surface area contributed by atoms with Crippen molar-refractivity contribution in [3.05, 3.63) is 89.5 Å². The van der Waals surface area contributed by atoms with Crippen LogP contribution < -0.4 is 4.74 Å². The molecule has 0 spiro atoms. The standard InChI is InChI=1S/C28H28N4O3S/c1-20-6-3-4-9-25(20)32-26(23-7-5-8-24(18-23)34-2)29-30-28(32)36-19-21-10-12-22(13-11-21)27(33)31-14-16-35-17-15-31/h3-13,18H,14-17,19H2,1-2H3. The lowest BCUT2D eigenvalue weighted by molar-refractivity contribution is 0.0303. The number of thioether (sulfide) groups is 1. The fourth-order valence-electron chi connectivity index (χ4n) is 4.18. The molecule has 1 fully saturated rings. The highest BCUT2D eigenvalue weighted by Gasteiger charge is 2.20. The van der Waals surface area contributed by atoms with E-state index in [1.165, 1.54) is 0 Å². The van der Waals surface area contributed by atoms with Crippen LogP contribution in [0.2, 0.25) is 0 Å². The van der Waals surface area contributed by atoms with Crippen LogP contribution in [-0.2, 0) is 10.5 Å². The average Bonchev–Trinajstić information content (AvgIpc) is 3.36. The Hall–Kier alpha value is -3.62. The summed E-state index contributed by atoms with van der Waals surface area (Å²) in [6, 6.07) is 23.9. The average molecular weight is 501 g/mol. The van der Waals surface area contributed by atoms with E-state index >= 15 is 0 Å². The maximum Gasteiger partial charge on any atom is 0.254 e. The lowest BCUT2D eigenvalue weighted by Gasteiger charge is -2.26. The number of hydrogen-bond donors (Lipinski definition) is 0. The normalized spacial score (nSPS) is 13.6. The number of nitrogens with zero attached hydrogens (tertiary/aromatic N) is 4. The van der Waals surface area contributed by atoms with E-state index in [1.807, 2.05) is 65.6 Å². The van der Waals surface area contributed by atoms with Gasteiger partial charge in [0.2, 0.25) is 0 Å². The van der Waals surface area contributed by atoms with E-state index in [2.05, 4.69) is 33.8 Å². The van der Waals surface area contributed by atoms with Crippen molar-refractivity contribution < 1.29 is 14.3 Å². The van der Waals surface area contributed by atoms with Gasteiger partial charge in [-0.05, 0) is 48.4 Å². The first-order valence-corrected chi connectivity index (χ1v) is 12.9. The number of morpholine rings is 1. The molecule has 5 rings (SSSR count). The Kier molecular flexibility index (Phi) is 7.34. The molecular formula is C28H28N4O3S. The van der Waals surface area contributed by atoms with Gasteiger partial charge < -0.3 is 14.4 Å². The van der Waals surface area contributed by atoms with Gasteiger partial charge >= 0.3 is 0 Å². The Morgan fingerprint density at radius 2 is 1.78 bits per heavy atom. The van der Waals surface area contributed by atoms with E-state index in [4.69, 9.17) is 9.47 Å². The highest BCUT2D eigenvalue weighted by atomic mass is 32.2. The van der Waals surface area contributed by atoms with Crippen LogP contribution in [0.25, 0.3) is 17.1 Å². The van der Waals surface area contributed by atoms with Crippen LogP contribution in [0.15, 0.2) is 78.0 Å². The van der Waals surface area contributed by atoms with E-state index in [0.29, 0.717) is 37.6 Å². The number of aryl methyl sites for hydroxylation is 1. The summed E-state index contributed by atoms with van der Waals surface area (Å²) in [5.41, 5.74) is 4.92. The van der Waals surface area contributed by atoms with Crippen LogP contribution in [0.3, 0.4) is 0 Å². The van der Waals surface area contributed by atoms with Crippen LogP contribution in [0.5, 0.6) is 5.75 Å². The van der Waals surface area contributed by atoms with Crippen molar-refractivity contribution in [1.29, 1.82) is 0 Å². The first-order valence-electron chi connectivity index (χ1n) is 11.9. The van der Waals surface area contributed by atoms with Gasteiger partial charge in [0, 0.05) is 30.0 Å². The number of para-hydroxylation sites is 1. The van der Waals surface area contributed by atoms with Gasteiger partial charge in [0.1, 0.15) is 5.75 Å².